The van der Waals surface area contributed by atoms with Crippen LogP contribution in [0.25, 0.3) is 0 Å². The third-order valence-electron chi connectivity index (χ3n) is 3.59. The Morgan fingerprint density at radius 3 is 2.54 bits per heavy atom. The molecule has 0 saturated heterocycles. The molecule has 0 aliphatic heterocycles. The van der Waals surface area contributed by atoms with Gasteiger partial charge in [-0.3, -0.25) is 0 Å². The Balaban J connectivity index is 2.73. The molecule has 0 unspecified atom stereocenters. The van der Waals surface area contributed by atoms with Gasteiger partial charge in [-0.15, -0.1) is 6.58 Å². The maximum atomic E-state index is 10.1. The first-order valence-electron chi connectivity index (χ1n) is 5.35. The van der Waals surface area contributed by atoms with Crippen molar-refractivity contribution in [2.45, 2.75) is 45.6 Å². The van der Waals surface area contributed by atoms with E-state index in [1.54, 1.807) is 6.08 Å². The average Bonchev–Trinajstić information content (AvgIpc) is 2.52. The minimum atomic E-state index is -0.661. The van der Waals surface area contributed by atoms with Crippen molar-refractivity contribution in [1.29, 1.82) is 0 Å². The summed E-state index contributed by atoms with van der Waals surface area (Å²) in [6.45, 7) is 10.1. The van der Waals surface area contributed by atoms with Crippen LogP contribution in [0.5, 0.6) is 0 Å². The molecule has 1 rings (SSSR count). The van der Waals surface area contributed by atoms with Crippen molar-refractivity contribution in [3.8, 4) is 0 Å². The van der Waals surface area contributed by atoms with Crippen LogP contribution in [-0.4, -0.2) is 10.7 Å². The summed E-state index contributed by atoms with van der Waals surface area (Å²) >= 11 is 0. The van der Waals surface area contributed by atoms with Gasteiger partial charge in [0.1, 0.15) is 0 Å². The molecule has 0 radical (unpaired) electrons. The fraction of sp³-hybridized carbons (Fsp3) is 0.833. The zero-order valence-corrected chi connectivity index (χ0v) is 9.09. The molecule has 1 aliphatic rings. The lowest BCUT2D eigenvalue weighted by molar-refractivity contribution is 0.0176. The first kappa shape index (κ1) is 10.8. The van der Waals surface area contributed by atoms with Crippen LogP contribution >= 0.6 is 0 Å². The third-order valence-corrected chi connectivity index (χ3v) is 3.59. The van der Waals surface area contributed by atoms with Crippen LogP contribution in [0.4, 0.5) is 0 Å². The highest BCUT2D eigenvalue weighted by atomic mass is 16.3. The summed E-state index contributed by atoms with van der Waals surface area (Å²) in [5, 5.41) is 10.1. The predicted octanol–water partition coefficient (Wildman–Crippen LogP) is 3.00. The molecule has 0 aromatic heterocycles. The number of hydrogen-bond acceptors (Lipinski definition) is 1. The fourth-order valence-corrected chi connectivity index (χ4v) is 2.66. The standard InChI is InChI=1S/C12H22O/c1-5-12(4,13)11-8-6-7-10(11)9(2)3/h5,9-11,13H,1,6-8H2,2-4H3/t10-,11+,12+/m0/s1. The topological polar surface area (TPSA) is 20.2 Å². The molecular formula is C12H22O. The molecule has 1 nitrogen and oxygen atoms in total. The van der Waals surface area contributed by atoms with Gasteiger partial charge in [-0.05, 0) is 37.5 Å². The molecule has 0 aromatic carbocycles. The molecule has 0 heterocycles. The number of hydrogen-bond donors (Lipinski definition) is 1. The molecule has 1 heteroatoms. The first-order valence-corrected chi connectivity index (χ1v) is 5.35. The highest BCUT2D eigenvalue weighted by Gasteiger charge is 2.39. The summed E-state index contributed by atoms with van der Waals surface area (Å²) in [7, 11) is 0. The van der Waals surface area contributed by atoms with E-state index < -0.39 is 5.60 Å². The Kier molecular flexibility index (Phi) is 3.18. The highest BCUT2D eigenvalue weighted by Crippen LogP contribution is 2.43. The van der Waals surface area contributed by atoms with E-state index >= 15 is 0 Å². The van der Waals surface area contributed by atoms with Crippen LogP contribution in [0.1, 0.15) is 40.0 Å². The maximum absolute atomic E-state index is 10.1. The molecular weight excluding hydrogens is 160 g/mol. The second-order valence-corrected chi connectivity index (χ2v) is 4.88. The van der Waals surface area contributed by atoms with Crippen molar-refractivity contribution in [1.82, 2.24) is 0 Å². The van der Waals surface area contributed by atoms with Gasteiger partial charge < -0.3 is 5.11 Å². The molecule has 3 atom stereocenters. The van der Waals surface area contributed by atoms with Gasteiger partial charge in [0.15, 0.2) is 0 Å². The van der Waals surface area contributed by atoms with Gasteiger partial charge in [0.2, 0.25) is 0 Å². The number of rotatable bonds is 3. The Bertz CT molecular complexity index is 182. The summed E-state index contributed by atoms with van der Waals surface area (Å²) in [5.41, 5.74) is -0.661. The summed E-state index contributed by atoms with van der Waals surface area (Å²) < 4.78 is 0. The Hall–Kier alpha value is -0.300. The minimum absolute atomic E-state index is 0.421. The van der Waals surface area contributed by atoms with Crippen molar-refractivity contribution in [3.05, 3.63) is 12.7 Å². The van der Waals surface area contributed by atoms with Gasteiger partial charge in [-0.25, -0.2) is 0 Å². The van der Waals surface area contributed by atoms with E-state index in [9.17, 15) is 5.11 Å². The molecule has 0 aromatic rings. The van der Waals surface area contributed by atoms with Gasteiger partial charge in [-0.1, -0.05) is 26.3 Å². The SMILES string of the molecule is C=C[C@@](C)(O)[C@@H]1CCC[C@H]1C(C)C. The normalized spacial score (nSPS) is 33.3. The minimum Gasteiger partial charge on any atom is -0.386 e. The van der Waals surface area contributed by atoms with E-state index in [1.807, 2.05) is 6.92 Å². The molecule has 0 bridgehead atoms. The zero-order chi connectivity index (χ0) is 10.1. The predicted molar refractivity (Wildman–Crippen MR) is 56.5 cm³/mol. The largest absolute Gasteiger partial charge is 0.386 e. The van der Waals surface area contributed by atoms with Crippen LogP contribution in [0.15, 0.2) is 12.7 Å². The zero-order valence-electron chi connectivity index (χ0n) is 9.09. The second-order valence-electron chi connectivity index (χ2n) is 4.88. The molecule has 1 fully saturated rings. The van der Waals surface area contributed by atoms with E-state index in [-0.39, 0.29) is 0 Å². The van der Waals surface area contributed by atoms with Crippen LogP contribution in [0.3, 0.4) is 0 Å². The molecule has 1 saturated carbocycles. The second kappa shape index (κ2) is 3.83. The van der Waals surface area contributed by atoms with Gasteiger partial charge in [-0.2, -0.15) is 0 Å². The smallest absolute Gasteiger partial charge is 0.0827 e. The lowest BCUT2D eigenvalue weighted by Crippen LogP contribution is -2.36. The van der Waals surface area contributed by atoms with Gasteiger partial charge in [0.05, 0.1) is 5.60 Å². The van der Waals surface area contributed by atoms with Crippen molar-refractivity contribution in [2.24, 2.45) is 17.8 Å². The monoisotopic (exact) mass is 182 g/mol. The van der Waals surface area contributed by atoms with Crippen LogP contribution < -0.4 is 0 Å². The summed E-state index contributed by atoms with van der Waals surface area (Å²) in [6, 6.07) is 0. The Morgan fingerprint density at radius 2 is 2.08 bits per heavy atom. The van der Waals surface area contributed by atoms with Crippen LogP contribution in [-0.2, 0) is 0 Å². The first-order chi connectivity index (χ1) is 5.99. The number of aliphatic hydroxyl groups is 1. The van der Waals surface area contributed by atoms with Gasteiger partial charge in [0, 0.05) is 0 Å². The van der Waals surface area contributed by atoms with E-state index in [4.69, 9.17) is 0 Å². The Labute approximate surface area is 81.9 Å². The van der Waals surface area contributed by atoms with E-state index in [1.165, 1.54) is 12.8 Å². The van der Waals surface area contributed by atoms with Crippen LogP contribution in [0, 0.1) is 17.8 Å². The van der Waals surface area contributed by atoms with Crippen molar-refractivity contribution in [2.75, 3.05) is 0 Å². The lowest BCUT2D eigenvalue weighted by atomic mass is 9.76. The quantitative estimate of drug-likeness (QED) is 0.665. The van der Waals surface area contributed by atoms with E-state index in [2.05, 4.69) is 20.4 Å². The molecule has 1 aliphatic carbocycles. The molecule has 0 amide bonds. The highest BCUT2D eigenvalue weighted by molar-refractivity contribution is 5.01. The molecule has 76 valence electrons. The molecule has 0 spiro atoms. The van der Waals surface area contributed by atoms with Crippen molar-refractivity contribution >= 4 is 0 Å². The summed E-state index contributed by atoms with van der Waals surface area (Å²) in [5.74, 6) is 1.77. The van der Waals surface area contributed by atoms with Gasteiger partial charge >= 0.3 is 0 Å². The summed E-state index contributed by atoms with van der Waals surface area (Å²) in [4.78, 5) is 0. The summed E-state index contributed by atoms with van der Waals surface area (Å²) in [6.07, 6.45) is 5.39. The van der Waals surface area contributed by atoms with Crippen molar-refractivity contribution in [3.63, 3.8) is 0 Å². The average molecular weight is 182 g/mol. The third kappa shape index (κ3) is 2.14. The molecule has 13 heavy (non-hydrogen) atoms. The molecule has 1 N–H and O–H groups in total. The maximum Gasteiger partial charge on any atom is 0.0827 e. The van der Waals surface area contributed by atoms with E-state index in [0.29, 0.717) is 17.8 Å². The Morgan fingerprint density at radius 1 is 1.46 bits per heavy atom. The van der Waals surface area contributed by atoms with Crippen LogP contribution in [0.2, 0.25) is 0 Å². The fourth-order valence-electron chi connectivity index (χ4n) is 2.66. The lowest BCUT2D eigenvalue weighted by Gasteiger charge is -2.33. The van der Waals surface area contributed by atoms with Gasteiger partial charge in [0.25, 0.3) is 0 Å². The van der Waals surface area contributed by atoms with E-state index in [0.717, 1.165) is 6.42 Å². The van der Waals surface area contributed by atoms with Crippen molar-refractivity contribution < 1.29 is 5.11 Å².